The van der Waals surface area contributed by atoms with Crippen molar-refractivity contribution in [2.75, 3.05) is 0 Å². The molecule has 1 unspecified atom stereocenters. The van der Waals surface area contributed by atoms with E-state index in [0.717, 1.165) is 5.56 Å². The van der Waals surface area contributed by atoms with Crippen molar-refractivity contribution in [1.29, 1.82) is 0 Å². The van der Waals surface area contributed by atoms with Crippen LogP contribution in [0, 0.1) is 0 Å². The third kappa shape index (κ3) is 5.54. The molecule has 1 nitrogen and oxygen atoms in total. The Morgan fingerprint density at radius 3 is 2.11 bits per heavy atom. The van der Waals surface area contributed by atoms with E-state index in [2.05, 4.69) is 13.8 Å². The third-order valence-corrected chi connectivity index (χ3v) is 2.88. The first-order chi connectivity index (χ1) is 8.28. The van der Waals surface area contributed by atoms with Crippen molar-refractivity contribution in [3.63, 3.8) is 0 Å². The molecular weight excluding hydrogens is 241 g/mol. The van der Waals surface area contributed by atoms with Gasteiger partial charge < -0.3 is 5.11 Å². The second-order valence-corrected chi connectivity index (χ2v) is 4.91. The van der Waals surface area contributed by atoms with Crippen LogP contribution in [-0.2, 0) is 6.42 Å². The normalized spacial score (nSPS) is 13.9. The lowest BCUT2D eigenvalue weighted by Gasteiger charge is -2.13. The zero-order chi connectivity index (χ0) is 13.8. The molecule has 1 atom stereocenters. The molecule has 0 heterocycles. The zero-order valence-corrected chi connectivity index (χ0v) is 10.7. The Kier molecular flexibility index (Phi) is 5.20. The highest BCUT2D eigenvalue weighted by molar-refractivity contribution is 5.25. The van der Waals surface area contributed by atoms with Gasteiger partial charge in [-0.2, -0.15) is 13.2 Å². The summed E-state index contributed by atoms with van der Waals surface area (Å²) in [6, 6.07) is 7.64. The highest BCUT2D eigenvalue weighted by Gasteiger charge is 2.27. The second-order valence-electron chi connectivity index (χ2n) is 4.91. The Hall–Kier alpha value is -1.03. The van der Waals surface area contributed by atoms with E-state index < -0.39 is 18.7 Å². The Bertz CT molecular complexity index is 354. The lowest BCUT2D eigenvalue weighted by molar-refractivity contribution is -0.139. The summed E-state index contributed by atoms with van der Waals surface area (Å²) in [7, 11) is 0. The van der Waals surface area contributed by atoms with Gasteiger partial charge in [-0.25, -0.2) is 0 Å². The van der Waals surface area contributed by atoms with E-state index in [4.69, 9.17) is 0 Å². The van der Waals surface area contributed by atoms with Gasteiger partial charge in [-0.3, -0.25) is 0 Å². The molecule has 0 radical (unpaired) electrons. The number of alkyl halides is 3. The average Bonchev–Trinajstić information content (AvgIpc) is 2.26. The minimum Gasteiger partial charge on any atom is -0.393 e. The first-order valence-electron chi connectivity index (χ1n) is 6.11. The lowest BCUT2D eigenvalue weighted by Crippen LogP contribution is -2.16. The maximum Gasteiger partial charge on any atom is 0.389 e. The minimum absolute atomic E-state index is 0.241. The van der Waals surface area contributed by atoms with Crippen LogP contribution in [0.15, 0.2) is 24.3 Å². The molecule has 0 spiro atoms. The van der Waals surface area contributed by atoms with Gasteiger partial charge in [0.25, 0.3) is 0 Å². The summed E-state index contributed by atoms with van der Waals surface area (Å²) in [5.41, 5.74) is 2.05. The van der Waals surface area contributed by atoms with E-state index in [-0.39, 0.29) is 12.8 Å². The predicted octanol–water partition coefficient (Wildman–Crippen LogP) is 4.06. The topological polar surface area (TPSA) is 20.2 Å². The van der Waals surface area contributed by atoms with Crippen molar-refractivity contribution in [1.82, 2.24) is 0 Å². The van der Waals surface area contributed by atoms with Crippen molar-refractivity contribution in [3.8, 4) is 0 Å². The first-order valence-corrected chi connectivity index (χ1v) is 6.11. The standard InChI is InChI=1S/C14H19F3O/c1-10(2)12-5-3-11(4-6-12)9-13(18)7-8-14(15,16)17/h3-6,10,13,18H,7-9H2,1-2H3. The third-order valence-electron chi connectivity index (χ3n) is 2.88. The molecule has 0 fully saturated rings. The molecule has 1 aromatic carbocycles. The molecule has 0 aliphatic carbocycles. The van der Waals surface area contributed by atoms with Crippen LogP contribution in [0.25, 0.3) is 0 Å². The highest BCUT2D eigenvalue weighted by Crippen LogP contribution is 2.23. The van der Waals surface area contributed by atoms with Gasteiger partial charge in [-0.15, -0.1) is 0 Å². The average molecular weight is 260 g/mol. The summed E-state index contributed by atoms with van der Waals surface area (Å²) in [6.45, 7) is 4.15. The number of hydrogen-bond donors (Lipinski definition) is 1. The number of benzene rings is 1. The first kappa shape index (κ1) is 15.0. The summed E-state index contributed by atoms with van der Waals surface area (Å²) < 4.78 is 36.0. The fourth-order valence-electron chi connectivity index (χ4n) is 1.74. The van der Waals surface area contributed by atoms with Crippen LogP contribution in [0.4, 0.5) is 13.2 Å². The fourth-order valence-corrected chi connectivity index (χ4v) is 1.74. The van der Waals surface area contributed by atoms with E-state index in [1.54, 1.807) is 0 Å². The smallest absolute Gasteiger partial charge is 0.389 e. The van der Waals surface area contributed by atoms with Crippen molar-refractivity contribution in [3.05, 3.63) is 35.4 Å². The summed E-state index contributed by atoms with van der Waals surface area (Å²) >= 11 is 0. The summed E-state index contributed by atoms with van der Waals surface area (Å²) in [4.78, 5) is 0. The zero-order valence-electron chi connectivity index (χ0n) is 10.7. The van der Waals surface area contributed by atoms with E-state index in [0.29, 0.717) is 5.92 Å². The quantitative estimate of drug-likeness (QED) is 0.846. The largest absolute Gasteiger partial charge is 0.393 e. The number of aliphatic hydroxyl groups excluding tert-OH is 1. The second kappa shape index (κ2) is 6.23. The molecule has 0 amide bonds. The van der Waals surface area contributed by atoms with Gasteiger partial charge in [0.05, 0.1) is 6.10 Å². The molecule has 1 rings (SSSR count). The number of aliphatic hydroxyl groups is 1. The van der Waals surface area contributed by atoms with Crippen LogP contribution in [0.3, 0.4) is 0 Å². The van der Waals surface area contributed by atoms with Crippen molar-refractivity contribution in [2.24, 2.45) is 0 Å². The predicted molar refractivity (Wildman–Crippen MR) is 65.5 cm³/mol. The van der Waals surface area contributed by atoms with Crippen LogP contribution in [0.5, 0.6) is 0 Å². The Morgan fingerprint density at radius 1 is 1.11 bits per heavy atom. The molecule has 102 valence electrons. The summed E-state index contributed by atoms with van der Waals surface area (Å²) in [5.74, 6) is 0.425. The van der Waals surface area contributed by atoms with Crippen molar-refractivity contribution >= 4 is 0 Å². The van der Waals surface area contributed by atoms with Crippen LogP contribution < -0.4 is 0 Å². The van der Waals surface area contributed by atoms with E-state index >= 15 is 0 Å². The molecular formula is C14H19F3O. The van der Waals surface area contributed by atoms with Gasteiger partial charge in [0.1, 0.15) is 0 Å². The van der Waals surface area contributed by atoms with Crippen LogP contribution in [0.2, 0.25) is 0 Å². The van der Waals surface area contributed by atoms with Crippen molar-refractivity contribution < 1.29 is 18.3 Å². The molecule has 0 saturated carbocycles. The Labute approximate surface area is 106 Å². The molecule has 0 aliphatic rings. The van der Waals surface area contributed by atoms with Crippen LogP contribution in [0.1, 0.15) is 43.7 Å². The number of hydrogen-bond acceptors (Lipinski definition) is 1. The molecule has 0 aliphatic heterocycles. The molecule has 18 heavy (non-hydrogen) atoms. The SMILES string of the molecule is CC(C)c1ccc(CC(O)CCC(F)(F)F)cc1. The van der Waals surface area contributed by atoms with E-state index in [1.807, 2.05) is 24.3 Å². The Balaban J connectivity index is 2.47. The van der Waals surface area contributed by atoms with Crippen molar-refractivity contribution in [2.45, 2.75) is 51.3 Å². The minimum atomic E-state index is -4.19. The van der Waals surface area contributed by atoms with Gasteiger partial charge in [0.2, 0.25) is 0 Å². The van der Waals surface area contributed by atoms with Gasteiger partial charge in [-0.1, -0.05) is 38.1 Å². The molecule has 1 aromatic rings. The fraction of sp³-hybridized carbons (Fsp3) is 0.571. The van der Waals surface area contributed by atoms with Crippen LogP contribution >= 0.6 is 0 Å². The van der Waals surface area contributed by atoms with Crippen LogP contribution in [-0.4, -0.2) is 17.4 Å². The molecule has 0 saturated heterocycles. The summed E-state index contributed by atoms with van der Waals surface area (Å²) in [5, 5.41) is 9.54. The molecule has 1 N–H and O–H groups in total. The Morgan fingerprint density at radius 2 is 1.67 bits per heavy atom. The van der Waals surface area contributed by atoms with Gasteiger partial charge in [0.15, 0.2) is 0 Å². The lowest BCUT2D eigenvalue weighted by atomic mass is 9.98. The number of halogens is 3. The van der Waals surface area contributed by atoms with Gasteiger partial charge in [0, 0.05) is 6.42 Å². The van der Waals surface area contributed by atoms with E-state index in [1.165, 1.54) is 5.56 Å². The monoisotopic (exact) mass is 260 g/mol. The molecule has 0 aromatic heterocycles. The maximum absolute atomic E-state index is 12.0. The highest BCUT2D eigenvalue weighted by atomic mass is 19.4. The number of rotatable bonds is 5. The van der Waals surface area contributed by atoms with Gasteiger partial charge in [-0.05, 0) is 29.9 Å². The van der Waals surface area contributed by atoms with E-state index in [9.17, 15) is 18.3 Å². The molecule has 0 bridgehead atoms. The van der Waals surface area contributed by atoms with Gasteiger partial charge >= 0.3 is 6.18 Å². The maximum atomic E-state index is 12.0. The molecule has 4 heteroatoms. The summed E-state index contributed by atoms with van der Waals surface area (Å²) in [6.07, 6.45) is -6.03.